The van der Waals surface area contributed by atoms with Gasteiger partial charge in [-0.15, -0.1) is 0 Å². The maximum Gasteiger partial charge on any atom is 0.511 e. The fourth-order valence-electron chi connectivity index (χ4n) is 1.05. The van der Waals surface area contributed by atoms with Gasteiger partial charge in [-0.25, -0.2) is 4.98 Å². The topological polar surface area (TPSA) is 62.6 Å². The van der Waals surface area contributed by atoms with Crippen molar-refractivity contribution >= 4 is 24.3 Å². The van der Waals surface area contributed by atoms with Crippen LogP contribution >= 0.6 is 11.6 Å². The van der Waals surface area contributed by atoms with Gasteiger partial charge in [-0.2, -0.15) is 0 Å². The maximum absolute atomic E-state index is 9.91. The Hall–Kier alpha value is -0.615. The van der Waals surface area contributed by atoms with Gasteiger partial charge in [0.15, 0.2) is 0 Å². The highest BCUT2D eigenvalue weighted by molar-refractivity contribution is 6.59. The molecule has 0 spiro atoms. The standard InChI is InChI=1S/C11H17BClNO3/c1-10(2,15)11(3,4)17-12(16)8-6-5-7-9(13)14-8/h5-7,15-16H,1-4H3. The number of nitrogens with zero attached hydrogens (tertiary/aromatic N) is 1. The Bertz CT molecular complexity index is 393. The monoisotopic (exact) mass is 257 g/mol. The molecule has 0 aromatic carbocycles. The van der Waals surface area contributed by atoms with Crippen LogP contribution in [0.4, 0.5) is 0 Å². The molecule has 1 aromatic rings. The molecule has 0 saturated carbocycles. The van der Waals surface area contributed by atoms with Gasteiger partial charge in [0.2, 0.25) is 0 Å². The number of pyridine rings is 1. The molecule has 0 aliphatic carbocycles. The smallest absolute Gasteiger partial charge is 0.422 e. The molecule has 0 amide bonds. The lowest BCUT2D eigenvalue weighted by Gasteiger charge is -2.38. The summed E-state index contributed by atoms with van der Waals surface area (Å²) in [5.41, 5.74) is -1.70. The first kappa shape index (κ1) is 14.4. The van der Waals surface area contributed by atoms with Crippen molar-refractivity contribution in [3.05, 3.63) is 23.4 Å². The molecule has 0 fully saturated rings. The summed E-state index contributed by atoms with van der Waals surface area (Å²) in [6.45, 7) is 6.62. The first-order valence-electron chi connectivity index (χ1n) is 5.34. The average Bonchev–Trinajstić information content (AvgIpc) is 2.15. The molecule has 0 aliphatic rings. The summed E-state index contributed by atoms with van der Waals surface area (Å²) < 4.78 is 5.43. The lowest BCUT2D eigenvalue weighted by Crippen LogP contribution is -2.53. The number of hydrogen-bond donors (Lipinski definition) is 2. The van der Waals surface area contributed by atoms with E-state index in [2.05, 4.69) is 4.98 Å². The molecule has 1 heterocycles. The Morgan fingerprint density at radius 2 is 1.88 bits per heavy atom. The van der Waals surface area contributed by atoms with Gasteiger partial charge in [0, 0.05) is 0 Å². The number of aliphatic hydroxyl groups is 1. The quantitative estimate of drug-likeness (QED) is 0.624. The normalized spacial score (nSPS) is 12.6. The van der Waals surface area contributed by atoms with Crippen LogP contribution in [0.25, 0.3) is 0 Å². The molecule has 17 heavy (non-hydrogen) atoms. The summed E-state index contributed by atoms with van der Waals surface area (Å²) in [5, 5.41) is 20.1. The van der Waals surface area contributed by atoms with Gasteiger partial charge in [0.25, 0.3) is 0 Å². The first-order chi connectivity index (χ1) is 7.63. The molecule has 2 N–H and O–H groups in total. The highest BCUT2D eigenvalue weighted by Crippen LogP contribution is 2.25. The predicted octanol–water partition coefficient (Wildman–Crippen LogP) is 0.989. The Labute approximate surface area is 107 Å². The van der Waals surface area contributed by atoms with Crippen LogP contribution in [0.3, 0.4) is 0 Å². The van der Waals surface area contributed by atoms with Crippen molar-refractivity contribution < 1.29 is 14.8 Å². The zero-order valence-corrected chi connectivity index (χ0v) is 11.2. The van der Waals surface area contributed by atoms with Gasteiger partial charge in [-0.05, 0) is 39.8 Å². The van der Waals surface area contributed by atoms with Crippen molar-refractivity contribution in [2.75, 3.05) is 0 Å². The maximum atomic E-state index is 9.91. The fourth-order valence-corrected chi connectivity index (χ4v) is 1.22. The van der Waals surface area contributed by atoms with Crippen molar-refractivity contribution in [1.82, 2.24) is 4.98 Å². The molecule has 0 radical (unpaired) electrons. The van der Waals surface area contributed by atoms with E-state index in [0.717, 1.165) is 0 Å². The summed E-state index contributed by atoms with van der Waals surface area (Å²) in [4.78, 5) is 3.95. The van der Waals surface area contributed by atoms with E-state index in [9.17, 15) is 10.1 Å². The molecule has 0 unspecified atom stereocenters. The van der Waals surface area contributed by atoms with E-state index >= 15 is 0 Å². The summed E-state index contributed by atoms with van der Waals surface area (Å²) in [5.74, 6) is 0. The van der Waals surface area contributed by atoms with Crippen molar-refractivity contribution in [2.45, 2.75) is 38.9 Å². The van der Waals surface area contributed by atoms with E-state index in [4.69, 9.17) is 16.3 Å². The molecule has 0 aliphatic heterocycles. The summed E-state index contributed by atoms with van der Waals surface area (Å²) in [7, 11) is -1.23. The number of rotatable bonds is 4. The molecule has 94 valence electrons. The van der Waals surface area contributed by atoms with Crippen LogP contribution in [0.1, 0.15) is 27.7 Å². The van der Waals surface area contributed by atoms with Gasteiger partial charge in [0.1, 0.15) is 5.15 Å². The van der Waals surface area contributed by atoms with E-state index in [0.29, 0.717) is 5.59 Å². The molecule has 0 saturated heterocycles. The minimum atomic E-state index is -1.23. The minimum Gasteiger partial charge on any atom is -0.422 e. The highest BCUT2D eigenvalue weighted by Gasteiger charge is 2.39. The number of aromatic nitrogens is 1. The third-order valence-corrected chi connectivity index (χ3v) is 3.08. The SMILES string of the molecule is CC(C)(O)C(C)(C)OB(O)c1cccc(Cl)n1. The number of halogens is 1. The van der Waals surface area contributed by atoms with E-state index in [1.165, 1.54) is 0 Å². The molecule has 0 atom stereocenters. The fraction of sp³-hybridized carbons (Fsp3) is 0.545. The zero-order valence-electron chi connectivity index (χ0n) is 10.4. The molecular formula is C11H17BClNO3. The van der Waals surface area contributed by atoms with Crippen molar-refractivity contribution in [2.24, 2.45) is 0 Å². The molecule has 1 aromatic heterocycles. The van der Waals surface area contributed by atoms with Crippen LogP contribution in [0.5, 0.6) is 0 Å². The summed E-state index contributed by atoms with van der Waals surface area (Å²) >= 11 is 5.72. The largest absolute Gasteiger partial charge is 0.511 e. The van der Waals surface area contributed by atoms with Crippen LogP contribution in [-0.4, -0.2) is 33.4 Å². The third kappa shape index (κ3) is 3.68. The van der Waals surface area contributed by atoms with Gasteiger partial charge in [0.05, 0.1) is 16.8 Å². The van der Waals surface area contributed by atoms with Crippen molar-refractivity contribution in [3.8, 4) is 0 Å². The summed E-state index contributed by atoms with van der Waals surface area (Å²) in [6.07, 6.45) is 0. The Morgan fingerprint density at radius 1 is 1.29 bits per heavy atom. The molecule has 6 heteroatoms. The van der Waals surface area contributed by atoms with Crippen molar-refractivity contribution in [3.63, 3.8) is 0 Å². The van der Waals surface area contributed by atoms with Crippen LogP contribution in [-0.2, 0) is 4.65 Å². The minimum absolute atomic E-state index is 0.284. The van der Waals surface area contributed by atoms with E-state index in [-0.39, 0.29) is 5.15 Å². The van der Waals surface area contributed by atoms with Crippen LogP contribution in [0.15, 0.2) is 18.2 Å². The molecule has 1 rings (SSSR count). The third-order valence-electron chi connectivity index (χ3n) is 2.87. The number of hydrogen-bond acceptors (Lipinski definition) is 4. The predicted molar refractivity (Wildman–Crippen MR) is 68.3 cm³/mol. The van der Waals surface area contributed by atoms with Crippen LogP contribution < -0.4 is 5.59 Å². The lowest BCUT2D eigenvalue weighted by atomic mass is 9.80. The van der Waals surface area contributed by atoms with E-state index in [1.54, 1.807) is 45.9 Å². The second-order valence-corrected chi connectivity index (χ2v) is 5.31. The Balaban J connectivity index is 2.83. The Kier molecular flexibility index (Phi) is 4.20. The second kappa shape index (κ2) is 4.94. The summed E-state index contributed by atoms with van der Waals surface area (Å²) in [6, 6.07) is 4.89. The van der Waals surface area contributed by atoms with Crippen molar-refractivity contribution in [1.29, 1.82) is 0 Å². The molecular weight excluding hydrogens is 240 g/mol. The highest BCUT2D eigenvalue weighted by atomic mass is 35.5. The zero-order chi connectivity index (χ0) is 13.3. The van der Waals surface area contributed by atoms with Gasteiger partial charge < -0.3 is 14.8 Å². The van der Waals surface area contributed by atoms with Gasteiger partial charge in [-0.1, -0.05) is 17.7 Å². The van der Waals surface area contributed by atoms with Gasteiger partial charge >= 0.3 is 7.12 Å². The van der Waals surface area contributed by atoms with Crippen LogP contribution in [0.2, 0.25) is 5.15 Å². The Morgan fingerprint density at radius 3 is 2.35 bits per heavy atom. The second-order valence-electron chi connectivity index (χ2n) is 4.92. The molecule has 0 bridgehead atoms. The van der Waals surface area contributed by atoms with E-state index in [1.807, 2.05) is 0 Å². The van der Waals surface area contributed by atoms with Crippen LogP contribution in [0, 0.1) is 0 Å². The van der Waals surface area contributed by atoms with Gasteiger partial charge in [-0.3, -0.25) is 0 Å². The van der Waals surface area contributed by atoms with E-state index < -0.39 is 18.3 Å². The average molecular weight is 258 g/mol. The molecule has 4 nitrogen and oxygen atoms in total. The first-order valence-corrected chi connectivity index (χ1v) is 5.72. The lowest BCUT2D eigenvalue weighted by molar-refractivity contribution is -0.0983.